The summed E-state index contributed by atoms with van der Waals surface area (Å²) >= 11 is 0. The summed E-state index contributed by atoms with van der Waals surface area (Å²) in [7, 11) is 2.87. The molecule has 1 aromatic rings. The molecule has 0 spiro atoms. The van der Waals surface area contributed by atoms with E-state index in [-0.39, 0.29) is 17.2 Å². The van der Waals surface area contributed by atoms with E-state index in [0.29, 0.717) is 24.3 Å². The van der Waals surface area contributed by atoms with Gasteiger partial charge in [0.1, 0.15) is 6.04 Å². The van der Waals surface area contributed by atoms with Crippen LogP contribution >= 0.6 is 0 Å². The Morgan fingerprint density at radius 2 is 1.68 bits per heavy atom. The van der Waals surface area contributed by atoms with Crippen LogP contribution in [0.2, 0.25) is 0 Å². The number of carboxylic acid groups (broad SMARTS) is 1. The average Bonchev–Trinajstić information content (AvgIpc) is 2.63. The van der Waals surface area contributed by atoms with Gasteiger partial charge in [-0.1, -0.05) is 40.5 Å². The lowest BCUT2D eigenvalue weighted by molar-refractivity contribution is -0.139. The predicted octanol–water partition coefficient (Wildman–Crippen LogP) is 3.06. The van der Waals surface area contributed by atoms with Crippen molar-refractivity contribution in [2.24, 2.45) is 5.41 Å². The third-order valence-electron chi connectivity index (χ3n) is 4.15. The van der Waals surface area contributed by atoms with Crippen LogP contribution in [0.5, 0.6) is 11.5 Å². The molecule has 0 bridgehead atoms. The maximum absolute atomic E-state index is 12.8. The van der Waals surface area contributed by atoms with E-state index in [9.17, 15) is 19.5 Å². The zero-order chi connectivity index (χ0) is 21.5. The molecule has 0 saturated carbocycles. The van der Waals surface area contributed by atoms with E-state index in [1.54, 1.807) is 20.8 Å². The summed E-state index contributed by atoms with van der Waals surface area (Å²) in [6.07, 6.45) is 1.79. The molecule has 0 aliphatic carbocycles. The molecule has 0 aliphatic rings. The second-order valence-electron chi connectivity index (χ2n) is 7.46. The molecule has 8 nitrogen and oxygen atoms in total. The molecule has 0 aromatic heterocycles. The predicted molar refractivity (Wildman–Crippen MR) is 106 cm³/mol. The minimum atomic E-state index is -1.11. The lowest BCUT2D eigenvalue weighted by atomic mass is 9.95. The number of methoxy groups -OCH3 is 2. The Labute approximate surface area is 165 Å². The average molecular weight is 394 g/mol. The maximum Gasteiger partial charge on any atom is 0.326 e. The Morgan fingerprint density at radius 3 is 2.14 bits per heavy atom. The molecular weight excluding hydrogens is 364 g/mol. The van der Waals surface area contributed by atoms with Crippen molar-refractivity contribution in [3.63, 3.8) is 0 Å². The number of hydrogen-bond acceptors (Lipinski definition) is 5. The Morgan fingerprint density at radius 1 is 1.11 bits per heavy atom. The van der Waals surface area contributed by atoms with Gasteiger partial charge >= 0.3 is 5.97 Å². The van der Waals surface area contributed by atoms with E-state index in [0.717, 1.165) is 6.42 Å². The van der Waals surface area contributed by atoms with E-state index in [2.05, 4.69) is 10.6 Å². The Hall–Kier alpha value is -2.77. The Bertz CT molecular complexity index is 724. The van der Waals surface area contributed by atoms with Crippen molar-refractivity contribution in [3.05, 3.63) is 17.7 Å². The van der Waals surface area contributed by atoms with Crippen molar-refractivity contribution in [1.29, 1.82) is 0 Å². The van der Waals surface area contributed by atoms with Crippen LogP contribution in [0.25, 0.3) is 0 Å². The standard InChI is InChI=1S/C20H30N2O6/c1-7-8-9-13(18(24)25)21-17(23)12-10-15(27-5)16(28-6)11-14(12)22-19(26)20(2,3)4/h10-11,13H,7-9H2,1-6H3,(H,21,23)(H,22,26)(H,24,25). The van der Waals surface area contributed by atoms with Crippen molar-refractivity contribution in [2.45, 2.75) is 53.0 Å². The fourth-order valence-electron chi connectivity index (χ4n) is 2.38. The van der Waals surface area contributed by atoms with Gasteiger partial charge in [-0.2, -0.15) is 0 Å². The van der Waals surface area contributed by atoms with Crippen LogP contribution in [0.15, 0.2) is 12.1 Å². The minimum absolute atomic E-state index is 0.0954. The van der Waals surface area contributed by atoms with Crippen molar-refractivity contribution in [2.75, 3.05) is 19.5 Å². The monoisotopic (exact) mass is 394 g/mol. The second kappa shape index (κ2) is 9.96. The molecule has 1 atom stereocenters. The zero-order valence-corrected chi connectivity index (χ0v) is 17.3. The number of hydrogen-bond donors (Lipinski definition) is 3. The van der Waals surface area contributed by atoms with E-state index >= 15 is 0 Å². The van der Waals surface area contributed by atoms with Crippen molar-refractivity contribution >= 4 is 23.5 Å². The smallest absolute Gasteiger partial charge is 0.326 e. The summed E-state index contributed by atoms with van der Waals surface area (Å²) in [4.78, 5) is 36.7. The third kappa shape index (κ3) is 6.14. The van der Waals surface area contributed by atoms with Crippen molar-refractivity contribution in [1.82, 2.24) is 5.32 Å². The highest BCUT2D eigenvalue weighted by atomic mass is 16.5. The van der Waals surface area contributed by atoms with Gasteiger partial charge in [0, 0.05) is 11.5 Å². The first-order valence-corrected chi connectivity index (χ1v) is 9.16. The number of nitrogens with one attached hydrogen (secondary N) is 2. The molecule has 1 aromatic carbocycles. The number of carboxylic acids is 1. The summed E-state index contributed by atoms with van der Waals surface area (Å²) in [6.45, 7) is 7.17. The van der Waals surface area contributed by atoms with Crippen LogP contribution < -0.4 is 20.1 Å². The summed E-state index contributed by atoms with van der Waals surface area (Å²) in [5, 5.41) is 14.6. The molecule has 0 saturated heterocycles. The van der Waals surface area contributed by atoms with Crippen molar-refractivity contribution < 1.29 is 29.0 Å². The molecule has 156 valence electrons. The fraction of sp³-hybridized carbons (Fsp3) is 0.550. The number of amides is 2. The number of carbonyl (C=O) groups is 3. The molecule has 1 rings (SSSR count). The third-order valence-corrected chi connectivity index (χ3v) is 4.15. The highest BCUT2D eigenvalue weighted by Crippen LogP contribution is 2.34. The molecule has 0 fully saturated rings. The van der Waals surface area contributed by atoms with Gasteiger partial charge in [-0.05, 0) is 12.5 Å². The normalized spacial score (nSPS) is 12.1. The lowest BCUT2D eigenvalue weighted by Crippen LogP contribution is -2.41. The van der Waals surface area contributed by atoms with Crippen molar-refractivity contribution in [3.8, 4) is 11.5 Å². The molecule has 0 aliphatic heterocycles. The molecule has 3 N–H and O–H groups in total. The van der Waals surface area contributed by atoms with Gasteiger partial charge < -0.3 is 25.2 Å². The Kier molecular flexibility index (Phi) is 8.28. The second-order valence-corrected chi connectivity index (χ2v) is 7.46. The van der Waals surface area contributed by atoms with E-state index < -0.39 is 23.3 Å². The number of rotatable bonds is 9. The van der Waals surface area contributed by atoms with E-state index in [1.165, 1.54) is 26.4 Å². The Balaban J connectivity index is 3.30. The van der Waals surface area contributed by atoms with Crippen LogP contribution in [0.3, 0.4) is 0 Å². The summed E-state index contributed by atoms with van der Waals surface area (Å²) in [6, 6.07) is 1.89. The number of carbonyl (C=O) groups excluding carboxylic acids is 2. The SMILES string of the molecule is CCCCC(NC(=O)c1cc(OC)c(OC)cc1NC(=O)C(C)(C)C)C(=O)O. The zero-order valence-electron chi connectivity index (χ0n) is 17.3. The molecule has 1 unspecified atom stereocenters. The summed E-state index contributed by atoms with van der Waals surface area (Å²) in [5.74, 6) is -1.39. The topological polar surface area (TPSA) is 114 Å². The number of benzene rings is 1. The number of anilines is 1. The van der Waals surface area contributed by atoms with Gasteiger partial charge in [-0.3, -0.25) is 9.59 Å². The van der Waals surface area contributed by atoms with Gasteiger partial charge in [0.05, 0.1) is 25.5 Å². The first-order chi connectivity index (χ1) is 13.0. The maximum atomic E-state index is 12.8. The first-order valence-electron chi connectivity index (χ1n) is 9.16. The number of ether oxygens (including phenoxy) is 2. The molecule has 28 heavy (non-hydrogen) atoms. The van der Waals surface area contributed by atoms with Crippen LogP contribution in [-0.4, -0.2) is 43.2 Å². The van der Waals surface area contributed by atoms with Gasteiger partial charge in [0.15, 0.2) is 11.5 Å². The lowest BCUT2D eigenvalue weighted by Gasteiger charge is -2.21. The first kappa shape index (κ1) is 23.3. The van der Waals surface area contributed by atoms with Crippen LogP contribution in [0.1, 0.15) is 57.3 Å². The van der Waals surface area contributed by atoms with Crippen LogP contribution in [0.4, 0.5) is 5.69 Å². The molecular formula is C20H30N2O6. The summed E-state index contributed by atoms with van der Waals surface area (Å²) in [5.41, 5.74) is -0.376. The largest absolute Gasteiger partial charge is 0.493 e. The summed E-state index contributed by atoms with van der Waals surface area (Å²) < 4.78 is 10.5. The van der Waals surface area contributed by atoms with Gasteiger partial charge in [0.25, 0.3) is 5.91 Å². The molecule has 8 heteroatoms. The number of unbranched alkanes of at least 4 members (excludes halogenated alkanes) is 1. The molecule has 0 radical (unpaired) electrons. The van der Waals surface area contributed by atoms with Gasteiger partial charge in [0.2, 0.25) is 5.91 Å². The molecule has 0 heterocycles. The molecule has 2 amide bonds. The quantitative estimate of drug-likeness (QED) is 0.593. The van der Waals surface area contributed by atoms with E-state index in [4.69, 9.17) is 9.47 Å². The highest BCUT2D eigenvalue weighted by molar-refractivity contribution is 6.06. The van der Waals surface area contributed by atoms with E-state index in [1.807, 2.05) is 6.92 Å². The number of aliphatic carboxylic acids is 1. The van der Waals surface area contributed by atoms with Crippen LogP contribution in [-0.2, 0) is 9.59 Å². The van der Waals surface area contributed by atoms with Crippen LogP contribution in [0, 0.1) is 5.41 Å². The van der Waals surface area contributed by atoms with Gasteiger partial charge in [-0.15, -0.1) is 0 Å². The van der Waals surface area contributed by atoms with Gasteiger partial charge in [-0.25, -0.2) is 4.79 Å². The fourth-order valence-corrected chi connectivity index (χ4v) is 2.38. The highest BCUT2D eigenvalue weighted by Gasteiger charge is 2.27. The minimum Gasteiger partial charge on any atom is -0.493 e.